The minimum absolute atomic E-state index is 0.262. The molecule has 0 aliphatic carbocycles. The van der Waals surface area contributed by atoms with Crippen LogP contribution in [0.4, 0.5) is 0 Å². The lowest BCUT2D eigenvalue weighted by Gasteiger charge is -2.50. The summed E-state index contributed by atoms with van der Waals surface area (Å²) in [7, 11) is 0. The van der Waals surface area contributed by atoms with Crippen LogP contribution in [-0.4, -0.2) is 33.7 Å². The van der Waals surface area contributed by atoms with Crippen LogP contribution in [0.25, 0.3) is 0 Å². The number of rotatable bonds is 2. The molecule has 1 fully saturated rings. The number of carboxylic acid groups (broad SMARTS) is 1. The second kappa shape index (κ2) is 3.98. The van der Waals surface area contributed by atoms with Gasteiger partial charge in [0.05, 0.1) is 11.2 Å². The summed E-state index contributed by atoms with van der Waals surface area (Å²) in [5, 5.41) is 12.0. The number of carboxylic acids is 1. The molecule has 0 saturated carbocycles. The van der Waals surface area contributed by atoms with Gasteiger partial charge in [-0.2, -0.15) is 0 Å². The normalized spacial score (nSPS) is 25.0. The second-order valence-corrected chi connectivity index (χ2v) is 6.04. The maximum Gasteiger partial charge on any atom is 0.329 e. The highest BCUT2D eigenvalue weighted by atomic mass is 16.5. The molecule has 5 nitrogen and oxygen atoms in total. The Labute approximate surface area is 102 Å². The van der Waals surface area contributed by atoms with Crippen molar-refractivity contribution in [3.63, 3.8) is 0 Å². The molecule has 0 bridgehead atoms. The standard InChI is InChI=1S/C12H21NO4/c1-8(14)13-12(9(15)16)6-10(2,3)17-11(4,5)7-12/h6-7H2,1-5H3,(H,13,14)(H,15,16). The van der Waals surface area contributed by atoms with Crippen molar-refractivity contribution in [2.24, 2.45) is 0 Å². The van der Waals surface area contributed by atoms with E-state index in [-0.39, 0.29) is 18.7 Å². The zero-order valence-corrected chi connectivity index (χ0v) is 11.1. The highest BCUT2D eigenvalue weighted by molar-refractivity contribution is 5.86. The third-order valence-electron chi connectivity index (χ3n) is 2.83. The van der Waals surface area contributed by atoms with E-state index < -0.39 is 22.7 Å². The van der Waals surface area contributed by atoms with E-state index in [1.165, 1.54) is 6.92 Å². The summed E-state index contributed by atoms with van der Waals surface area (Å²) in [6.45, 7) is 8.70. The van der Waals surface area contributed by atoms with Gasteiger partial charge < -0.3 is 15.2 Å². The molecule has 1 aliphatic rings. The molecule has 1 rings (SSSR count). The summed E-state index contributed by atoms with van der Waals surface area (Å²) >= 11 is 0. The van der Waals surface area contributed by atoms with Crippen LogP contribution in [0, 0.1) is 0 Å². The monoisotopic (exact) mass is 243 g/mol. The number of nitrogens with one attached hydrogen (secondary N) is 1. The highest BCUT2D eigenvalue weighted by Crippen LogP contribution is 2.41. The molecule has 0 aromatic carbocycles. The number of hydrogen-bond donors (Lipinski definition) is 2. The summed E-state index contributed by atoms with van der Waals surface area (Å²) in [6, 6.07) is 0. The van der Waals surface area contributed by atoms with Crippen molar-refractivity contribution in [3.8, 4) is 0 Å². The first-order valence-electron chi connectivity index (χ1n) is 5.70. The Morgan fingerprint density at radius 1 is 1.12 bits per heavy atom. The lowest BCUT2D eigenvalue weighted by Crippen LogP contribution is -2.65. The Balaban J connectivity index is 3.12. The second-order valence-electron chi connectivity index (χ2n) is 6.04. The Hall–Kier alpha value is -1.10. The summed E-state index contributed by atoms with van der Waals surface area (Å²) in [6.07, 6.45) is 0.524. The van der Waals surface area contributed by atoms with E-state index >= 15 is 0 Å². The van der Waals surface area contributed by atoms with Gasteiger partial charge in [-0.05, 0) is 27.7 Å². The Kier molecular flexibility index (Phi) is 3.27. The van der Waals surface area contributed by atoms with Crippen LogP contribution in [0.3, 0.4) is 0 Å². The van der Waals surface area contributed by atoms with E-state index in [1.54, 1.807) is 0 Å². The Bertz CT molecular complexity index is 330. The van der Waals surface area contributed by atoms with Crippen LogP contribution >= 0.6 is 0 Å². The molecule has 0 spiro atoms. The molecule has 98 valence electrons. The molecule has 5 heteroatoms. The summed E-state index contributed by atoms with van der Waals surface area (Å²) in [5.41, 5.74) is -2.40. The molecule has 1 amide bonds. The maximum absolute atomic E-state index is 11.5. The first-order valence-corrected chi connectivity index (χ1v) is 5.70. The van der Waals surface area contributed by atoms with Gasteiger partial charge in [-0.25, -0.2) is 4.79 Å². The van der Waals surface area contributed by atoms with Crippen molar-refractivity contribution in [3.05, 3.63) is 0 Å². The topological polar surface area (TPSA) is 75.6 Å². The number of ether oxygens (including phenoxy) is 1. The van der Waals surface area contributed by atoms with Gasteiger partial charge in [0.2, 0.25) is 5.91 Å². The molecule has 2 N–H and O–H groups in total. The average molecular weight is 243 g/mol. The van der Waals surface area contributed by atoms with Crippen molar-refractivity contribution in [1.29, 1.82) is 0 Å². The molecular weight excluding hydrogens is 222 g/mol. The average Bonchev–Trinajstić information content (AvgIpc) is 1.94. The summed E-state index contributed by atoms with van der Waals surface area (Å²) in [4.78, 5) is 22.7. The smallest absolute Gasteiger partial charge is 0.329 e. The van der Waals surface area contributed by atoms with Gasteiger partial charge in [-0.3, -0.25) is 4.79 Å². The van der Waals surface area contributed by atoms with Crippen LogP contribution in [0.1, 0.15) is 47.5 Å². The number of carbonyl (C=O) groups is 2. The SMILES string of the molecule is CC(=O)NC1(C(=O)O)CC(C)(C)OC(C)(C)C1. The lowest BCUT2D eigenvalue weighted by atomic mass is 9.74. The van der Waals surface area contributed by atoms with Crippen molar-refractivity contribution < 1.29 is 19.4 Å². The predicted molar refractivity (Wildman–Crippen MR) is 62.7 cm³/mol. The summed E-state index contributed by atoms with van der Waals surface area (Å²) in [5.74, 6) is -1.34. The van der Waals surface area contributed by atoms with Crippen LogP contribution in [-0.2, 0) is 14.3 Å². The van der Waals surface area contributed by atoms with Crippen molar-refractivity contribution in [2.75, 3.05) is 0 Å². The fourth-order valence-corrected chi connectivity index (χ4v) is 2.97. The molecule has 17 heavy (non-hydrogen) atoms. The zero-order chi connectivity index (χ0) is 13.5. The molecule has 0 aromatic heterocycles. The van der Waals surface area contributed by atoms with E-state index in [0.29, 0.717) is 0 Å². The summed E-state index contributed by atoms with van der Waals surface area (Å²) < 4.78 is 5.83. The first kappa shape index (κ1) is 14.0. The predicted octanol–water partition coefficient (Wildman–Crippen LogP) is 1.31. The number of amides is 1. The van der Waals surface area contributed by atoms with Crippen LogP contribution in [0.2, 0.25) is 0 Å². The van der Waals surface area contributed by atoms with E-state index in [9.17, 15) is 14.7 Å². The zero-order valence-electron chi connectivity index (χ0n) is 11.1. The highest BCUT2D eigenvalue weighted by Gasteiger charge is 2.53. The Morgan fingerprint density at radius 2 is 1.53 bits per heavy atom. The van der Waals surface area contributed by atoms with Gasteiger partial charge in [0, 0.05) is 19.8 Å². The van der Waals surface area contributed by atoms with Crippen molar-refractivity contribution >= 4 is 11.9 Å². The minimum Gasteiger partial charge on any atom is -0.480 e. The van der Waals surface area contributed by atoms with Gasteiger partial charge in [0.1, 0.15) is 5.54 Å². The fraction of sp³-hybridized carbons (Fsp3) is 0.833. The maximum atomic E-state index is 11.5. The van der Waals surface area contributed by atoms with Gasteiger partial charge in [0.15, 0.2) is 0 Å². The van der Waals surface area contributed by atoms with Gasteiger partial charge in [-0.15, -0.1) is 0 Å². The largest absolute Gasteiger partial charge is 0.480 e. The van der Waals surface area contributed by atoms with E-state index in [1.807, 2.05) is 27.7 Å². The minimum atomic E-state index is -1.24. The first-order chi connectivity index (χ1) is 7.48. The quantitative estimate of drug-likeness (QED) is 0.766. The molecule has 1 aliphatic heterocycles. The Morgan fingerprint density at radius 3 is 1.82 bits per heavy atom. The van der Waals surface area contributed by atoms with Crippen LogP contribution < -0.4 is 5.32 Å². The van der Waals surface area contributed by atoms with Crippen molar-refractivity contribution in [1.82, 2.24) is 5.32 Å². The molecule has 0 aromatic rings. The number of carbonyl (C=O) groups excluding carboxylic acids is 1. The lowest BCUT2D eigenvalue weighted by molar-refractivity contribution is -0.196. The van der Waals surface area contributed by atoms with E-state index in [2.05, 4.69) is 5.32 Å². The van der Waals surface area contributed by atoms with E-state index in [0.717, 1.165) is 0 Å². The number of hydrogen-bond acceptors (Lipinski definition) is 3. The van der Waals surface area contributed by atoms with Gasteiger partial charge in [-0.1, -0.05) is 0 Å². The molecule has 0 unspecified atom stereocenters. The van der Waals surface area contributed by atoms with Gasteiger partial charge in [0.25, 0.3) is 0 Å². The molecule has 0 radical (unpaired) electrons. The molecule has 0 atom stereocenters. The fourth-order valence-electron chi connectivity index (χ4n) is 2.97. The molecule has 1 saturated heterocycles. The molecule has 1 heterocycles. The van der Waals surface area contributed by atoms with E-state index in [4.69, 9.17) is 4.74 Å². The third kappa shape index (κ3) is 3.19. The van der Waals surface area contributed by atoms with Crippen LogP contribution in [0.15, 0.2) is 0 Å². The third-order valence-corrected chi connectivity index (χ3v) is 2.83. The molecular formula is C12H21NO4. The van der Waals surface area contributed by atoms with Crippen molar-refractivity contribution in [2.45, 2.75) is 64.2 Å². The van der Waals surface area contributed by atoms with Crippen LogP contribution in [0.5, 0.6) is 0 Å². The van der Waals surface area contributed by atoms with Gasteiger partial charge >= 0.3 is 5.97 Å². The number of aliphatic carboxylic acids is 1.